The first-order valence-electron chi connectivity index (χ1n) is 29.0. The van der Waals surface area contributed by atoms with Crippen LogP contribution in [-0.2, 0) is 14.9 Å². The van der Waals surface area contributed by atoms with Crippen LogP contribution in [-0.4, -0.2) is 121 Å². The lowest BCUT2D eigenvalue weighted by molar-refractivity contribution is -0.451. The molecule has 2 N–H and O–H groups in total. The number of fused-ring (bicyclic) bond motifs is 6. The van der Waals surface area contributed by atoms with Gasteiger partial charge >= 0.3 is 120 Å². The summed E-state index contributed by atoms with van der Waals surface area (Å²) in [5.74, 6) is -127. The van der Waals surface area contributed by atoms with E-state index in [0.717, 1.165) is 0 Å². The first-order chi connectivity index (χ1) is 50.2. The molecule has 0 bridgehead atoms. The third-order valence-electron chi connectivity index (χ3n) is 16.8. The molecular formula is C63H30F40N2O6. The van der Waals surface area contributed by atoms with Gasteiger partial charge in [-0.3, -0.25) is 10.6 Å². The Morgan fingerprint density at radius 1 is 0.297 bits per heavy atom. The first-order valence-corrected chi connectivity index (χ1v) is 29.0. The lowest BCUT2D eigenvalue weighted by atomic mass is 9.72. The molecule has 0 saturated carbocycles. The molecule has 6 aromatic rings. The van der Waals surface area contributed by atoms with Gasteiger partial charge in [0.2, 0.25) is 17.1 Å². The van der Waals surface area contributed by atoms with Gasteiger partial charge in [0.1, 0.15) is 13.2 Å². The number of anilines is 2. The number of amides is 2. The van der Waals surface area contributed by atoms with Crippen molar-refractivity contribution in [2.24, 2.45) is 0 Å². The number of allylic oxidation sites excluding steroid dienone is 2. The van der Waals surface area contributed by atoms with Gasteiger partial charge in [-0.15, -0.1) is 0 Å². The average molecular weight is 1670 g/mol. The molecule has 6 aromatic carbocycles. The third kappa shape index (κ3) is 13.4. The zero-order valence-electron chi connectivity index (χ0n) is 52.3. The van der Waals surface area contributed by atoms with Crippen LogP contribution in [0.25, 0.3) is 22.3 Å². The van der Waals surface area contributed by atoms with Gasteiger partial charge in [0.05, 0.1) is 11.4 Å². The molecule has 8 rings (SSSR count). The number of hydrogen-bond donors (Lipinski definition) is 2. The van der Waals surface area contributed by atoms with Gasteiger partial charge in [-0.2, -0.15) is 176 Å². The normalized spacial score (nSPS) is 15.6. The van der Waals surface area contributed by atoms with Crippen molar-refractivity contribution < 1.29 is 204 Å². The van der Waals surface area contributed by atoms with E-state index < -0.39 is 233 Å². The van der Waals surface area contributed by atoms with Crippen molar-refractivity contribution >= 4 is 23.6 Å². The number of rotatable bonds is 24. The van der Waals surface area contributed by atoms with Crippen LogP contribution in [0, 0.1) is 0 Å². The summed E-state index contributed by atoms with van der Waals surface area (Å²) in [6.07, 6.45) is -36.2. The van der Waals surface area contributed by atoms with Crippen molar-refractivity contribution in [2.45, 2.75) is 113 Å². The summed E-state index contributed by atoms with van der Waals surface area (Å²) in [6, 6.07) is 7.68. The highest BCUT2D eigenvalue weighted by Crippen LogP contribution is 2.67. The lowest BCUT2D eigenvalue weighted by Crippen LogP contribution is -2.72. The van der Waals surface area contributed by atoms with Crippen molar-refractivity contribution in [1.82, 2.24) is 0 Å². The Hall–Kier alpha value is -9.86. The Morgan fingerprint density at radius 3 is 0.775 bits per heavy atom. The fraction of sp³-hybridized carbons (Fsp3) is 0.333. The number of carbonyl (C=O) groups is 2. The van der Waals surface area contributed by atoms with Crippen LogP contribution < -0.4 is 20.1 Å². The standard InChI is InChI=1S/C63H30F40N2O6/c64-41(48(68,69)50(72,73)52(76,77)54(80,81)56(84,85)58(88,89)62(98,99)100)43(66)110-39-21-25(17-19-37(39)104-45(106)108-23-35-31-13-5-1-9-27(31)28-10-2-6-14-32(28)35)47(60(92,93)94,61(95,96)97)26-18-20-38(105-46(107)109-24-36-33-15-7-3-11-29(33)30-12-4-8-16-34(30)36)40(22-26)111-44(67)42(65)49(70,71)51(74,75)53(78,79)55(82,83)57(86,87)59(90,91)63(101,102)103/h1-22,35-36H,23-24H2,(H,104,106)(H,105,107). The number of benzene rings is 6. The van der Waals surface area contributed by atoms with Crippen LogP contribution in [0.5, 0.6) is 11.5 Å². The van der Waals surface area contributed by atoms with Crippen LogP contribution in [0.1, 0.15) is 45.2 Å². The van der Waals surface area contributed by atoms with Gasteiger partial charge in [-0.05, 0) is 79.9 Å². The molecule has 2 aliphatic carbocycles. The van der Waals surface area contributed by atoms with E-state index in [4.69, 9.17) is 9.47 Å². The van der Waals surface area contributed by atoms with E-state index in [1.165, 1.54) is 108 Å². The van der Waals surface area contributed by atoms with Crippen molar-refractivity contribution in [3.63, 3.8) is 0 Å². The summed E-state index contributed by atoms with van der Waals surface area (Å²) in [5, 5.41) is 2.42. The summed E-state index contributed by atoms with van der Waals surface area (Å²) in [5.41, 5.74) is -14.6. The first kappa shape index (κ1) is 86.7. The minimum Gasteiger partial charge on any atom is -0.448 e. The predicted octanol–water partition coefficient (Wildman–Crippen LogP) is 23.5. The van der Waals surface area contributed by atoms with E-state index in [2.05, 4.69) is 9.47 Å². The number of carbonyl (C=O) groups excluding carboxylic acids is 2. The molecule has 48 heteroatoms. The molecule has 2 aliphatic rings. The third-order valence-corrected chi connectivity index (χ3v) is 16.8. The molecule has 2 amide bonds. The summed E-state index contributed by atoms with van der Waals surface area (Å²) in [6.45, 7) is -2.08. The summed E-state index contributed by atoms with van der Waals surface area (Å²) >= 11 is 0. The topological polar surface area (TPSA) is 95.1 Å². The SMILES string of the molecule is O=C(Nc1ccc(C(c2ccc(NC(=O)OCC3c4ccccc4-c4ccccc43)c(OC(F)=C(F)C(F)(F)C(F)(F)C(F)(F)C(F)(F)C(F)(F)C(F)(F)C(F)(F)F)c2)(C(F)(F)F)C(F)(F)F)cc1OC(F)=C(F)C(F)(F)C(F)(F)C(F)(F)C(F)(F)C(F)(F)C(F)(F)C(F)(F)F)OCC1c2ccccc2-c2ccccc21. The van der Waals surface area contributed by atoms with Crippen LogP contribution in [0.3, 0.4) is 0 Å². The minimum absolute atomic E-state index is 0.245. The molecular weight excluding hydrogens is 1640 g/mol. The van der Waals surface area contributed by atoms with E-state index >= 15 is 61.5 Å². The Kier molecular flexibility index (Phi) is 21.7. The molecule has 0 atom stereocenters. The fourth-order valence-electron chi connectivity index (χ4n) is 11.1. The van der Waals surface area contributed by atoms with E-state index in [9.17, 15) is 124 Å². The van der Waals surface area contributed by atoms with Crippen LogP contribution in [0.2, 0.25) is 0 Å². The average Bonchev–Trinajstić information content (AvgIpc) is 1.71. The highest BCUT2D eigenvalue weighted by Gasteiger charge is 2.96. The zero-order valence-corrected chi connectivity index (χ0v) is 52.3. The number of ether oxygens (including phenoxy) is 4. The maximum Gasteiger partial charge on any atom is 0.460 e. The second-order valence-corrected chi connectivity index (χ2v) is 23.3. The molecule has 608 valence electrons. The molecule has 111 heavy (non-hydrogen) atoms. The highest BCUT2D eigenvalue weighted by molar-refractivity contribution is 5.89. The zero-order chi connectivity index (χ0) is 84.4. The van der Waals surface area contributed by atoms with Gasteiger partial charge in [-0.1, -0.05) is 109 Å². The number of alkyl halides is 36. The largest absolute Gasteiger partial charge is 0.460 e. The van der Waals surface area contributed by atoms with E-state index in [-0.39, 0.29) is 22.3 Å². The van der Waals surface area contributed by atoms with Crippen molar-refractivity contribution in [1.29, 1.82) is 0 Å². The van der Waals surface area contributed by atoms with Crippen LogP contribution >= 0.6 is 0 Å². The van der Waals surface area contributed by atoms with Crippen molar-refractivity contribution in [3.8, 4) is 33.8 Å². The van der Waals surface area contributed by atoms with E-state index in [1.54, 1.807) is 0 Å². The summed E-state index contributed by atoms with van der Waals surface area (Å²) in [7, 11) is 0. The molecule has 0 spiro atoms. The van der Waals surface area contributed by atoms with Gasteiger partial charge in [-0.25, -0.2) is 9.59 Å². The summed E-state index contributed by atoms with van der Waals surface area (Å²) < 4.78 is 600. The Balaban J connectivity index is 1.31. The second kappa shape index (κ2) is 27.8. The minimum atomic E-state index is -9.30. The van der Waals surface area contributed by atoms with Gasteiger partial charge < -0.3 is 18.9 Å². The van der Waals surface area contributed by atoms with Gasteiger partial charge in [0.25, 0.3) is 0 Å². The summed E-state index contributed by atoms with van der Waals surface area (Å²) in [4.78, 5) is 26.9. The smallest absolute Gasteiger partial charge is 0.448 e. The predicted molar refractivity (Wildman–Crippen MR) is 294 cm³/mol. The molecule has 8 nitrogen and oxygen atoms in total. The van der Waals surface area contributed by atoms with E-state index in [0.29, 0.717) is 22.3 Å². The lowest BCUT2D eigenvalue weighted by Gasteiger charge is -2.41. The fourth-order valence-corrected chi connectivity index (χ4v) is 11.1. The molecule has 0 radical (unpaired) electrons. The molecule has 0 heterocycles. The monoisotopic (exact) mass is 1670 g/mol. The highest BCUT2D eigenvalue weighted by atomic mass is 19.5. The Morgan fingerprint density at radius 2 is 0.532 bits per heavy atom. The van der Waals surface area contributed by atoms with Crippen molar-refractivity contribution in [3.05, 3.63) is 191 Å². The quantitative estimate of drug-likeness (QED) is 0.0463. The molecule has 0 aliphatic heterocycles. The van der Waals surface area contributed by atoms with E-state index in [1.807, 2.05) is 0 Å². The van der Waals surface area contributed by atoms with Crippen molar-refractivity contribution in [2.75, 3.05) is 23.8 Å². The van der Waals surface area contributed by atoms with Crippen LogP contribution in [0.4, 0.5) is 197 Å². The Labute approximate surface area is 588 Å². The van der Waals surface area contributed by atoms with Crippen LogP contribution in [0.15, 0.2) is 157 Å². The number of nitrogens with one attached hydrogen (secondary N) is 2. The molecule has 0 fully saturated rings. The molecule has 0 aromatic heterocycles. The maximum atomic E-state index is 16.0. The Bertz CT molecular complexity index is 4230. The van der Waals surface area contributed by atoms with Gasteiger partial charge in [0, 0.05) is 11.8 Å². The molecule has 0 saturated heterocycles. The van der Waals surface area contributed by atoms with Gasteiger partial charge in [0.15, 0.2) is 11.5 Å². The number of halogens is 40. The second-order valence-electron chi connectivity index (χ2n) is 23.3. The maximum absolute atomic E-state index is 16.0. The number of hydrogen-bond acceptors (Lipinski definition) is 6. The molecule has 0 unspecified atom stereocenters.